The van der Waals surface area contributed by atoms with Crippen LogP contribution in [0.1, 0.15) is 32.1 Å². The molecule has 0 saturated carbocycles. The molecule has 9 nitrogen and oxygen atoms in total. The van der Waals surface area contributed by atoms with Crippen molar-refractivity contribution < 1.29 is 23.3 Å². The first-order valence-electron chi connectivity index (χ1n) is 14.2. The van der Waals surface area contributed by atoms with Gasteiger partial charge in [-0.15, -0.1) is 0 Å². The molecule has 6 rings (SSSR count). The number of fused-ring (bicyclic) bond motifs is 3. The lowest BCUT2D eigenvalue weighted by Crippen LogP contribution is -2.43. The summed E-state index contributed by atoms with van der Waals surface area (Å²) < 4.78 is 38.7. The first-order chi connectivity index (χ1) is 20.1. The van der Waals surface area contributed by atoms with Crippen molar-refractivity contribution in [3.63, 3.8) is 0 Å². The second-order valence-corrected chi connectivity index (χ2v) is 10.8. The zero-order valence-electron chi connectivity index (χ0n) is 23.6. The first kappa shape index (κ1) is 27.6. The van der Waals surface area contributed by atoms with E-state index in [4.69, 9.17) is 18.9 Å². The van der Waals surface area contributed by atoms with Crippen LogP contribution in [-0.4, -0.2) is 79.3 Å². The van der Waals surface area contributed by atoms with E-state index >= 15 is 4.39 Å². The fraction of sp³-hybridized carbons (Fsp3) is 0.452. The van der Waals surface area contributed by atoms with E-state index < -0.39 is 5.82 Å². The SMILES string of the molecule is COCCCNc1nc(OCC23CCCN2CCC3)nc2c(F)c(-c3cc(OCOC)cc4ccccc34)ncc12. The number of benzene rings is 2. The molecule has 41 heavy (non-hydrogen) atoms. The Hall–Kier alpha value is -3.60. The van der Waals surface area contributed by atoms with Gasteiger partial charge in [0.05, 0.1) is 10.9 Å². The van der Waals surface area contributed by atoms with Crippen molar-refractivity contribution in [2.45, 2.75) is 37.6 Å². The van der Waals surface area contributed by atoms with Gasteiger partial charge in [0.1, 0.15) is 29.4 Å². The van der Waals surface area contributed by atoms with E-state index in [0.29, 0.717) is 42.3 Å². The largest absolute Gasteiger partial charge is 0.468 e. The van der Waals surface area contributed by atoms with Gasteiger partial charge in [0.25, 0.3) is 0 Å². The number of aromatic nitrogens is 3. The highest BCUT2D eigenvalue weighted by atomic mass is 19.1. The summed E-state index contributed by atoms with van der Waals surface area (Å²) in [6.45, 7) is 3.96. The molecule has 10 heteroatoms. The molecule has 4 aromatic rings. The number of nitrogens with zero attached hydrogens (tertiary/aromatic N) is 4. The maximum Gasteiger partial charge on any atom is 0.319 e. The van der Waals surface area contributed by atoms with Crippen LogP contribution in [0.5, 0.6) is 11.8 Å². The summed E-state index contributed by atoms with van der Waals surface area (Å²) in [5.41, 5.74) is 0.973. The Kier molecular flexibility index (Phi) is 8.13. The maximum absolute atomic E-state index is 16.5. The summed E-state index contributed by atoms with van der Waals surface area (Å²) in [5, 5.41) is 5.57. The van der Waals surface area contributed by atoms with Crippen LogP contribution < -0.4 is 14.8 Å². The number of nitrogens with one attached hydrogen (secondary N) is 1. The smallest absolute Gasteiger partial charge is 0.319 e. The molecule has 0 spiro atoms. The topological polar surface area (TPSA) is 90.9 Å². The van der Waals surface area contributed by atoms with Crippen molar-refractivity contribution in [1.82, 2.24) is 19.9 Å². The van der Waals surface area contributed by atoms with Crippen LogP contribution in [0.3, 0.4) is 0 Å². The van der Waals surface area contributed by atoms with Gasteiger partial charge in [0.15, 0.2) is 12.6 Å². The van der Waals surface area contributed by atoms with Gasteiger partial charge in [-0.3, -0.25) is 9.88 Å². The molecular formula is C31H36FN5O4. The number of anilines is 1. The lowest BCUT2D eigenvalue weighted by Gasteiger charge is -2.31. The van der Waals surface area contributed by atoms with Crippen molar-refractivity contribution in [3.05, 3.63) is 48.4 Å². The standard InChI is InChI=1S/C31H36FN5O4/c1-38-15-7-12-33-29-25-18-34-27(24-17-22(41-20-39-2)16-21-8-3-4-9-23(21)24)26(32)28(25)35-30(36-29)40-19-31-10-5-13-37(31)14-6-11-31/h3-4,8-9,16-18H,5-7,10-15,19-20H2,1-2H3,(H,33,35,36). The number of rotatable bonds is 12. The number of ether oxygens (including phenoxy) is 4. The Morgan fingerprint density at radius 2 is 1.83 bits per heavy atom. The van der Waals surface area contributed by atoms with Crippen LogP contribution in [0.25, 0.3) is 32.9 Å². The number of hydrogen-bond donors (Lipinski definition) is 1. The number of methoxy groups -OCH3 is 2. The summed E-state index contributed by atoms with van der Waals surface area (Å²) in [5.74, 6) is 0.518. The molecule has 2 aromatic carbocycles. The number of pyridine rings is 1. The average molecular weight is 562 g/mol. The molecule has 0 unspecified atom stereocenters. The monoisotopic (exact) mass is 561 g/mol. The van der Waals surface area contributed by atoms with Gasteiger partial charge < -0.3 is 24.3 Å². The van der Waals surface area contributed by atoms with E-state index in [-0.39, 0.29) is 29.6 Å². The van der Waals surface area contributed by atoms with Crippen LogP contribution >= 0.6 is 0 Å². The predicted octanol–water partition coefficient (Wildman–Crippen LogP) is 5.42. The average Bonchev–Trinajstić information content (AvgIpc) is 3.58. The lowest BCUT2D eigenvalue weighted by atomic mass is 9.95. The van der Waals surface area contributed by atoms with E-state index in [2.05, 4.69) is 25.2 Å². The van der Waals surface area contributed by atoms with Crippen molar-refractivity contribution in [2.24, 2.45) is 0 Å². The van der Waals surface area contributed by atoms with E-state index in [1.807, 2.05) is 30.3 Å². The Labute approximate surface area is 239 Å². The van der Waals surface area contributed by atoms with Crippen LogP contribution in [-0.2, 0) is 9.47 Å². The molecule has 0 atom stereocenters. The van der Waals surface area contributed by atoms with Crippen LogP contribution in [0, 0.1) is 5.82 Å². The predicted molar refractivity (Wildman–Crippen MR) is 156 cm³/mol. The van der Waals surface area contributed by atoms with Crippen LogP contribution in [0.2, 0.25) is 0 Å². The maximum atomic E-state index is 16.5. The van der Waals surface area contributed by atoms with Gasteiger partial charge >= 0.3 is 6.01 Å². The summed E-state index contributed by atoms with van der Waals surface area (Å²) in [7, 11) is 3.23. The molecule has 2 aliphatic rings. The highest BCUT2D eigenvalue weighted by molar-refractivity contribution is 5.99. The van der Waals surface area contributed by atoms with E-state index in [0.717, 1.165) is 43.1 Å². The van der Waals surface area contributed by atoms with E-state index in [9.17, 15) is 0 Å². The Morgan fingerprint density at radius 3 is 2.63 bits per heavy atom. The summed E-state index contributed by atoms with van der Waals surface area (Å²) in [4.78, 5) is 16.4. The summed E-state index contributed by atoms with van der Waals surface area (Å²) >= 11 is 0. The molecule has 216 valence electrons. The quantitative estimate of drug-likeness (QED) is 0.180. The van der Waals surface area contributed by atoms with Gasteiger partial charge in [-0.2, -0.15) is 9.97 Å². The molecule has 0 amide bonds. The van der Waals surface area contributed by atoms with Gasteiger partial charge in [0, 0.05) is 39.1 Å². The molecule has 2 fully saturated rings. The zero-order chi connectivity index (χ0) is 28.2. The third kappa shape index (κ3) is 5.51. The second-order valence-electron chi connectivity index (χ2n) is 10.8. The lowest BCUT2D eigenvalue weighted by molar-refractivity contribution is 0.0512. The summed E-state index contributed by atoms with van der Waals surface area (Å²) in [6.07, 6.45) is 6.92. The Balaban J connectivity index is 1.41. The molecule has 4 heterocycles. The number of hydrogen-bond acceptors (Lipinski definition) is 9. The van der Waals surface area contributed by atoms with Crippen LogP contribution in [0.4, 0.5) is 10.2 Å². The van der Waals surface area contributed by atoms with Gasteiger partial charge in [0.2, 0.25) is 0 Å². The minimum atomic E-state index is -0.537. The third-order valence-electron chi connectivity index (χ3n) is 8.20. The van der Waals surface area contributed by atoms with Crippen molar-refractivity contribution >= 4 is 27.5 Å². The fourth-order valence-corrected chi connectivity index (χ4v) is 6.20. The molecule has 0 aliphatic carbocycles. The first-order valence-corrected chi connectivity index (χ1v) is 14.2. The minimum Gasteiger partial charge on any atom is -0.468 e. The molecule has 2 aliphatic heterocycles. The van der Waals surface area contributed by atoms with E-state index in [1.54, 1.807) is 26.5 Å². The Morgan fingerprint density at radius 1 is 1.00 bits per heavy atom. The molecule has 0 bridgehead atoms. The van der Waals surface area contributed by atoms with Crippen molar-refractivity contribution in [3.8, 4) is 23.0 Å². The van der Waals surface area contributed by atoms with Crippen LogP contribution in [0.15, 0.2) is 42.6 Å². The van der Waals surface area contributed by atoms with Crippen molar-refractivity contribution in [1.29, 1.82) is 0 Å². The molecule has 1 N–H and O–H groups in total. The fourth-order valence-electron chi connectivity index (χ4n) is 6.20. The third-order valence-corrected chi connectivity index (χ3v) is 8.20. The number of halogens is 1. The second kappa shape index (κ2) is 12.1. The highest BCUT2D eigenvalue weighted by Crippen LogP contribution is 2.40. The summed E-state index contributed by atoms with van der Waals surface area (Å²) in [6, 6.07) is 11.6. The Bertz CT molecular complexity index is 1520. The van der Waals surface area contributed by atoms with E-state index in [1.165, 1.54) is 12.8 Å². The normalized spacial score (nSPS) is 16.4. The minimum absolute atomic E-state index is 0.0217. The zero-order valence-corrected chi connectivity index (χ0v) is 23.6. The highest BCUT2D eigenvalue weighted by Gasteiger charge is 2.45. The molecule has 2 saturated heterocycles. The molecular weight excluding hydrogens is 525 g/mol. The van der Waals surface area contributed by atoms with Crippen molar-refractivity contribution in [2.75, 3.05) is 59.2 Å². The van der Waals surface area contributed by atoms with Gasteiger partial charge in [-0.1, -0.05) is 24.3 Å². The molecule has 2 aromatic heterocycles. The van der Waals surface area contributed by atoms with Gasteiger partial charge in [-0.05, 0) is 68.1 Å². The molecule has 0 radical (unpaired) electrons. The van der Waals surface area contributed by atoms with Gasteiger partial charge in [-0.25, -0.2) is 4.39 Å².